The standard InChI is InChI=1S/C22H23F3N4O2/c1-14-13-31-11-10-29(14)9-8-26-21-17-5-3-2-4-16(17)20(27-28-21)18-7-6-15(12-19(18)30)22(23,24)25/h2-7,12,14,30H,8-11,13H2,1H3,(H,26,28)/t14-/m0/s1. The molecule has 2 aromatic carbocycles. The molecule has 0 amide bonds. The first-order valence-electron chi connectivity index (χ1n) is 10.1. The molecule has 0 spiro atoms. The zero-order chi connectivity index (χ0) is 22.0. The van der Waals surface area contributed by atoms with E-state index in [2.05, 4.69) is 27.3 Å². The molecule has 2 N–H and O–H groups in total. The lowest BCUT2D eigenvalue weighted by Crippen LogP contribution is -2.45. The Kier molecular flexibility index (Phi) is 5.97. The molecule has 4 rings (SSSR count). The highest BCUT2D eigenvalue weighted by Crippen LogP contribution is 2.38. The van der Waals surface area contributed by atoms with Gasteiger partial charge >= 0.3 is 6.18 Å². The Hall–Kier alpha value is -2.91. The van der Waals surface area contributed by atoms with Crippen LogP contribution in [0.1, 0.15) is 12.5 Å². The van der Waals surface area contributed by atoms with Gasteiger partial charge in [0, 0.05) is 42.0 Å². The normalized spacial score (nSPS) is 17.7. The summed E-state index contributed by atoms with van der Waals surface area (Å²) in [6, 6.07) is 10.6. The summed E-state index contributed by atoms with van der Waals surface area (Å²) in [7, 11) is 0. The van der Waals surface area contributed by atoms with E-state index in [1.807, 2.05) is 24.3 Å². The van der Waals surface area contributed by atoms with E-state index in [1.54, 1.807) is 0 Å². The van der Waals surface area contributed by atoms with E-state index < -0.39 is 17.5 Å². The minimum absolute atomic E-state index is 0.199. The third-order valence-corrected chi connectivity index (χ3v) is 5.46. The lowest BCUT2D eigenvalue weighted by Gasteiger charge is -2.33. The number of halogens is 3. The molecule has 3 aromatic rings. The van der Waals surface area contributed by atoms with Gasteiger partial charge in [-0.15, -0.1) is 10.2 Å². The van der Waals surface area contributed by atoms with Gasteiger partial charge in [-0.2, -0.15) is 13.2 Å². The highest BCUT2D eigenvalue weighted by atomic mass is 19.4. The minimum Gasteiger partial charge on any atom is -0.507 e. The molecule has 9 heteroatoms. The summed E-state index contributed by atoms with van der Waals surface area (Å²) in [6.07, 6.45) is -4.53. The van der Waals surface area contributed by atoms with Crippen molar-refractivity contribution in [3.8, 4) is 17.0 Å². The molecule has 0 saturated carbocycles. The second-order valence-corrected chi connectivity index (χ2v) is 7.56. The van der Waals surface area contributed by atoms with E-state index in [1.165, 1.54) is 6.07 Å². The van der Waals surface area contributed by atoms with Gasteiger partial charge in [-0.25, -0.2) is 0 Å². The summed E-state index contributed by atoms with van der Waals surface area (Å²) >= 11 is 0. The lowest BCUT2D eigenvalue weighted by atomic mass is 10.0. The molecule has 0 radical (unpaired) electrons. The van der Waals surface area contributed by atoms with Crippen LogP contribution in [-0.2, 0) is 10.9 Å². The Labute approximate surface area is 177 Å². The van der Waals surface area contributed by atoms with Gasteiger partial charge in [0.05, 0.1) is 18.8 Å². The molecule has 1 saturated heterocycles. The average molecular weight is 432 g/mol. The Morgan fingerprint density at radius 2 is 1.94 bits per heavy atom. The molecule has 0 unspecified atom stereocenters. The minimum atomic E-state index is -4.53. The van der Waals surface area contributed by atoms with Crippen LogP contribution in [0.3, 0.4) is 0 Å². The largest absolute Gasteiger partial charge is 0.507 e. The fraction of sp³-hybridized carbons (Fsp3) is 0.364. The van der Waals surface area contributed by atoms with Crippen molar-refractivity contribution in [2.24, 2.45) is 0 Å². The summed E-state index contributed by atoms with van der Waals surface area (Å²) in [5.41, 5.74) is -0.388. The number of aromatic hydroxyl groups is 1. The molecule has 164 valence electrons. The number of morpholine rings is 1. The smallest absolute Gasteiger partial charge is 0.416 e. The SMILES string of the molecule is C[C@H]1COCCN1CCNc1nnc(-c2ccc(C(F)(F)F)cc2O)c2ccccc12. The van der Waals surface area contributed by atoms with Gasteiger partial charge in [-0.05, 0) is 25.1 Å². The maximum Gasteiger partial charge on any atom is 0.416 e. The van der Waals surface area contributed by atoms with E-state index >= 15 is 0 Å². The number of aromatic nitrogens is 2. The monoisotopic (exact) mass is 432 g/mol. The van der Waals surface area contributed by atoms with Crippen LogP contribution in [0.15, 0.2) is 42.5 Å². The molecular weight excluding hydrogens is 409 g/mol. The van der Waals surface area contributed by atoms with E-state index in [4.69, 9.17) is 4.74 Å². The summed E-state index contributed by atoms with van der Waals surface area (Å²) in [6.45, 7) is 5.92. The first-order valence-corrected chi connectivity index (χ1v) is 10.1. The molecule has 0 bridgehead atoms. The number of alkyl halides is 3. The third kappa shape index (κ3) is 4.57. The maximum atomic E-state index is 12.9. The Balaban J connectivity index is 1.60. The molecule has 0 aliphatic carbocycles. The van der Waals surface area contributed by atoms with Crippen molar-refractivity contribution < 1.29 is 23.0 Å². The molecule has 1 aliphatic rings. The van der Waals surface area contributed by atoms with E-state index in [9.17, 15) is 18.3 Å². The zero-order valence-electron chi connectivity index (χ0n) is 17.0. The summed E-state index contributed by atoms with van der Waals surface area (Å²) in [5.74, 6) is 0.1000. The molecule has 2 heterocycles. The van der Waals surface area contributed by atoms with Crippen molar-refractivity contribution in [3.63, 3.8) is 0 Å². The highest BCUT2D eigenvalue weighted by molar-refractivity contribution is 6.00. The van der Waals surface area contributed by atoms with Crippen LogP contribution < -0.4 is 5.32 Å². The van der Waals surface area contributed by atoms with Crippen molar-refractivity contribution in [3.05, 3.63) is 48.0 Å². The molecular formula is C22H23F3N4O2. The fourth-order valence-electron chi connectivity index (χ4n) is 3.75. The van der Waals surface area contributed by atoms with Gasteiger partial charge in [-0.3, -0.25) is 4.90 Å². The number of hydrogen-bond acceptors (Lipinski definition) is 6. The van der Waals surface area contributed by atoms with Crippen LogP contribution in [0.2, 0.25) is 0 Å². The molecule has 6 nitrogen and oxygen atoms in total. The second-order valence-electron chi connectivity index (χ2n) is 7.56. The van der Waals surface area contributed by atoms with Gasteiger partial charge in [-0.1, -0.05) is 24.3 Å². The second kappa shape index (κ2) is 8.68. The lowest BCUT2D eigenvalue weighted by molar-refractivity contribution is -0.137. The number of anilines is 1. The van der Waals surface area contributed by atoms with Gasteiger partial charge in [0.15, 0.2) is 5.82 Å². The third-order valence-electron chi connectivity index (χ3n) is 5.46. The van der Waals surface area contributed by atoms with Crippen molar-refractivity contribution >= 4 is 16.6 Å². The van der Waals surface area contributed by atoms with Crippen molar-refractivity contribution in [1.82, 2.24) is 15.1 Å². The van der Waals surface area contributed by atoms with Crippen molar-refractivity contribution in [2.45, 2.75) is 19.1 Å². The van der Waals surface area contributed by atoms with Crippen LogP contribution in [-0.4, -0.2) is 59.1 Å². The highest BCUT2D eigenvalue weighted by Gasteiger charge is 2.31. The average Bonchev–Trinajstić information content (AvgIpc) is 2.75. The Morgan fingerprint density at radius 3 is 2.65 bits per heavy atom. The number of ether oxygens (including phenoxy) is 1. The van der Waals surface area contributed by atoms with E-state index in [-0.39, 0.29) is 5.56 Å². The van der Waals surface area contributed by atoms with E-state index in [0.29, 0.717) is 42.2 Å². The fourth-order valence-corrected chi connectivity index (χ4v) is 3.75. The van der Waals surface area contributed by atoms with Gasteiger partial charge in [0.2, 0.25) is 0 Å². The predicted octanol–water partition coefficient (Wildman–Crippen LogP) is 4.15. The van der Waals surface area contributed by atoms with Crippen LogP contribution in [0.25, 0.3) is 22.0 Å². The number of rotatable bonds is 5. The first kappa shape index (κ1) is 21.3. The number of benzene rings is 2. The summed E-state index contributed by atoms with van der Waals surface area (Å²) in [5, 5.41) is 23.5. The quantitative estimate of drug-likeness (QED) is 0.631. The van der Waals surface area contributed by atoms with Crippen LogP contribution >= 0.6 is 0 Å². The molecule has 1 fully saturated rings. The maximum absolute atomic E-state index is 12.9. The number of fused-ring (bicyclic) bond motifs is 1. The number of nitrogens with one attached hydrogen (secondary N) is 1. The number of phenols is 1. The van der Waals surface area contributed by atoms with Gasteiger partial charge < -0.3 is 15.2 Å². The Bertz CT molecular complexity index is 1070. The van der Waals surface area contributed by atoms with Crippen LogP contribution in [0.5, 0.6) is 5.75 Å². The van der Waals surface area contributed by atoms with Crippen LogP contribution in [0, 0.1) is 0 Å². The summed E-state index contributed by atoms with van der Waals surface area (Å²) < 4.78 is 44.2. The number of hydrogen-bond donors (Lipinski definition) is 2. The number of nitrogens with zero attached hydrogens (tertiary/aromatic N) is 3. The molecule has 1 aromatic heterocycles. The molecule has 1 atom stereocenters. The predicted molar refractivity (Wildman–Crippen MR) is 112 cm³/mol. The summed E-state index contributed by atoms with van der Waals surface area (Å²) in [4.78, 5) is 2.33. The van der Waals surface area contributed by atoms with Gasteiger partial charge in [0.25, 0.3) is 0 Å². The molecule has 31 heavy (non-hydrogen) atoms. The van der Waals surface area contributed by atoms with Gasteiger partial charge in [0.1, 0.15) is 11.4 Å². The first-order chi connectivity index (χ1) is 14.8. The van der Waals surface area contributed by atoms with E-state index in [0.717, 1.165) is 31.1 Å². The zero-order valence-corrected chi connectivity index (χ0v) is 17.0. The number of phenolic OH excluding ortho intramolecular Hbond substituents is 1. The molecule has 1 aliphatic heterocycles. The van der Waals surface area contributed by atoms with Crippen molar-refractivity contribution in [2.75, 3.05) is 38.2 Å². The van der Waals surface area contributed by atoms with Crippen molar-refractivity contribution in [1.29, 1.82) is 0 Å². The Morgan fingerprint density at radius 1 is 1.16 bits per heavy atom. The topological polar surface area (TPSA) is 70.5 Å². The van der Waals surface area contributed by atoms with Crippen LogP contribution in [0.4, 0.5) is 19.0 Å².